The molecule has 0 saturated carbocycles. The minimum Gasteiger partial charge on any atom is -0.507 e. The van der Waals surface area contributed by atoms with Crippen LogP contribution in [0.1, 0.15) is 35.3 Å². The molecule has 2 heteroatoms. The zero-order chi connectivity index (χ0) is 10.9. The smallest absolute Gasteiger partial charge is 0.169 e. The molecule has 1 aromatic carbocycles. The maximum absolute atomic E-state index is 11.7. The van der Waals surface area contributed by atoms with Gasteiger partial charge in [-0.3, -0.25) is 4.79 Å². The molecule has 0 saturated heterocycles. The van der Waals surface area contributed by atoms with Crippen molar-refractivity contribution in [2.75, 3.05) is 0 Å². The number of hydrogen-bond donors (Lipinski definition) is 1. The van der Waals surface area contributed by atoms with Crippen molar-refractivity contribution < 1.29 is 9.90 Å². The van der Waals surface area contributed by atoms with Gasteiger partial charge in [0.15, 0.2) is 5.78 Å². The molecule has 0 atom stereocenters. The number of phenolic OH excluding ortho intramolecular Hbond substituents is 1. The third kappa shape index (κ3) is 1.79. The van der Waals surface area contributed by atoms with Crippen LogP contribution in [-0.2, 0) is 0 Å². The molecule has 1 rings (SSSR count). The lowest BCUT2D eigenvalue weighted by Crippen LogP contribution is -2.08. The maximum Gasteiger partial charge on any atom is 0.169 e. The van der Waals surface area contributed by atoms with Crippen LogP contribution in [0.25, 0.3) is 0 Å². The fourth-order valence-corrected chi connectivity index (χ4v) is 1.31. The lowest BCUT2D eigenvalue weighted by Gasteiger charge is -2.10. The first-order valence-electron chi connectivity index (χ1n) is 4.78. The number of ketones is 1. The van der Waals surface area contributed by atoms with E-state index in [0.717, 1.165) is 11.1 Å². The molecule has 0 fully saturated rings. The van der Waals surface area contributed by atoms with Crippen molar-refractivity contribution in [3.8, 4) is 5.75 Å². The second kappa shape index (κ2) is 3.82. The van der Waals surface area contributed by atoms with E-state index in [2.05, 4.69) is 0 Å². The quantitative estimate of drug-likeness (QED) is 0.731. The van der Waals surface area contributed by atoms with E-state index in [1.54, 1.807) is 6.07 Å². The van der Waals surface area contributed by atoms with Crippen LogP contribution < -0.4 is 0 Å². The van der Waals surface area contributed by atoms with Crippen LogP contribution in [0, 0.1) is 19.8 Å². The monoisotopic (exact) mass is 192 g/mol. The third-order valence-corrected chi connectivity index (χ3v) is 2.49. The van der Waals surface area contributed by atoms with E-state index >= 15 is 0 Å². The highest BCUT2D eigenvalue weighted by atomic mass is 16.3. The molecular formula is C12H16O2. The molecule has 0 unspecified atom stereocenters. The fourth-order valence-electron chi connectivity index (χ4n) is 1.31. The molecule has 1 N–H and O–H groups in total. The van der Waals surface area contributed by atoms with Crippen molar-refractivity contribution in [2.24, 2.45) is 5.92 Å². The van der Waals surface area contributed by atoms with Gasteiger partial charge in [-0.25, -0.2) is 0 Å². The van der Waals surface area contributed by atoms with Gasteiger partial charge in [-0.2, -0.15) is 0 Å². The lowest BCUT2D eigenvalue weighted by molar-refractivity contribution is 0.0936. The minimum absolute atomic E-state index is 0.00870. The summed E-state index contributed by atoms with van der Waals surface area (Å²) in [4.78, 5) is 11.7. The van der Waals surface area contributed by atoms with E-state index in [-0.39, 0.29) is 17.5 Å². The highest BCUT2D eigenvalue weighted by Gasteiger charge is 2.16. The van der Waals surface area contributed by atoms with Crippen molar-refractivity contribution in [1.29, 1.82) is 0 Å². The van der Waals surface area contributed by atoms with Gasteiger partial charge >= 0.3 is 0 Å². The van der Waals surface area contributed by atoms with Gasteiger partial charge in [0.1, 0.15) is 5.75 Å². The Labute approximate surface area is 84.6 Å². The molecule has 2 nitrogen and oxygen atoms in total. The highest BCUT2D eigenvalue weighted by Crippen LogP contribution is 2.26. The molecule has 0 aliphatic carbocycles. The summed E-state index contributed by atoms with van der Waals surface area (Å²) in [5.41, 5.74) is 2.22. The van der Waals surface area contributed by atoms with E-state index < -0.39 is 0 Å². The number of carbonyl (C=O) groups excluding carboxylic acids is 1. The van der Waals surface area contributed by atoms with Crippen molar-refractivity contribution in [3.05, 3.63) is 28.8 Å². The Morgan fingerprint density at radius 2 is 1.86 bits per heavy atom. The number of benzene rings is 1. The summed E-state index contributed by atoms with van der Waals surface area (Å²) in [6, 6.07) is 3.56. The Kier molecular flexibility index (Phi) is 2.94. The van der Waals surface area contributed by atoms with Gasteiger partial charge in [-0.1, -0.05) is 19.9 Å². The molecule has 0 bridgehead atoms. The van der Waals surface area contributed by atoms with E-state index in [9.17, 15) is 9.90 Å². The molecular weight excluding hydrogens is 176 g/mol. The van der Waals surface area contributed by atoms with Crippen LogP contribution in [0.5, 0.6) is 5.75 Å². The molecule has 0 radical (unpaired) electrons. The zero-order valence-corrected chi connectivity index (χ0v) is 9.09. The van der Waals surface area contributed by atoms with E-state index in [1.165, 1.54) is 0 Å². The number of Topliss-reactive ketones (excluding diaryl/α,β-unsaturated/α-hetero) is 1. The molecule has 0 heterocycles. The molecule has 1 aromatic rings. The topological polar surface area (TPSA) is 37.3 Å². The van der Waals surface area contributed by atoms with E-state index in [0.29, 0.717) is 5.56 Å². The van der Waals surface area contributed by atoms with Gasteiger partial charge in [0.2, 0.25) is 0 Å². The molecule has 0 amide bonds. The number of hydrogen-bond acceptors (Lipinski definition) is 2. The van der Waals surface area contributed by atoms with Crippen LogP contribution in [0.3, 0.4) is 0 Å². The first kappa shape index (κ1) is 10.8. The number of aromatic hydroxyl groups is 1. The van der Waals surface area contributed by atoms with Crippen LogP contribution in [0.4, 0.5) is 0 Å². The Bertz CT molecular complexity index is 365. The first-order valence-corrected chi connectivity index (χ1v) is 4.78. The summed E-state index contributed by atoms with van der Waals surface area (Å²) in [5.74, 6) is 0.0392. The second-order valence-corrected chi connectivity index (χ2v) is 3.92. The van der Waals surface area contributed by atoms with Gasteiger partial charge in [0, 0.05) is 5.92 Å². The average Bonchev–Trinajstić information content (AvgIpc) is 2.13. The largest absolute Gasteiger partial charge is 0.507 e. The van der Waals surface area contributed by atoms with E-state index in [4.69, 9.17) is 0 Å². The summed E-state index contributed by atoms with van der Waals surface area (Å²) < 4.78 is 0. The Balaban J connectivity index is 3.24. The fraction of sp³-hybridized carbons (Fsp3) is 0.417. The van der Waals surface area contributed by atoms with Crippen LogP contribution >= 0.6 is 0 Å². The Morgan fingerprint density at radius 1 is 1.29 bits per heavy atom. The second-order valence-electron chi connectivity index (χ2n) is 3.92. The Morgan fingerprint density at radius 3 is 2.36 bits per heavy atom. The molecule has 0 spiro atoms. The molecule has 0 aliphatic rings. The standard InChI is InChI=1S/C12H16O2/c1-7(2)11(13)10-6-5-8(3)9(4)12(10)14/h5-7,14H,1-4H3. The van der Waals surface area contributed by atoms with Gasteiger partial charge in [-0.05, 0) is 31.0 Å². The average molecular weight is 192 g/mol. The third-order valence-electron chi connectivity index (χ3n) is 2.49. The summed E-state index contributed by atoms with van der Waals surface area (Å²) in [6.07, 6.45) is 0. The van der Waals surface area contributed by atoms with Crippen LogP contribution in [-0.4, -0.2) is 10.9 Å². The number of carbonyl (C=O) groups is 1. The van der Waals surface area contributed by atoms with Gasteiger partial charge in [0.05, 0.1) is 5.56 Å². The molecule has 76 valence electrons. The first-order chi connectivity index (χ1) is 6.45. The number of phenols is 1. The van der Waals surface area contributed by atoms with Crippen LogP contribution in [0.15, 0.2) is 12.1 Å². The summed E-state index contributed by atoms with van der Waals surface area (Å²) in [5, 5.41) is 9.78. The summed E-state index contributed by atoms with van der Waals surface area (Å²) in [7, 11) is 0. The molecule has 0 aromatic heterocycles. The zero-order valence-electron chi connectivity index (χ0n) is 9.09. The SMILES string of the molecule is Cc1ccc(C(=O)C(C)C)c(O)c1C. The van der Waals surface area contributed by atoms with Gasteiger partial charge in [-0.15, -0.1) is 0 Å². The number of rotatable bonds is 2. The van der Waals surface area contributed by atoms with Crippen molar-refractivity contribution in [1.82, 2.24) is 0 Å². The minimum atomic E-state index is -0.0805. The van der Waals surface area contributed by atoms with Gasteiger partial charge < -0.3 is 5.11 Å². The summed E-state index contributed by atoms with van der Waals surface area (Å²) in [6.45, 7) is 7.40. The lowest BCUT2D eigenvalue weighted by atomic mass is 9.96. The van der Waals surface area contributed by atoms with Crippen molar-refractivity contribution >= 4 is 5.78 Å². The van der Waals surface area contributed by atoms with E-state index in [1.807, 2.05) is 33.8 Å². The van der Waals surface area contributed by atoms with Crippen LogP contribution in [0.2, 0.25) is 0 Å². The summed E-state index contributed by atoms with van der Waals surface area (Å²) >= 11 is 0. The Hall–Kier alpha value is -1.31. The predicted octanol–water partition coefficient (Wildman–Crippen LogP) is 2.85. The normalized spacial score (nSPS) is 10.6. The maximum atomic E-state index is 11.7. The van der Waals surface area contributed by atoms with Crippen molar-refractivity contribution in [2.45, 2.75) is 27.7 Å². The predicted molar refractivity (Wildman–Crippen MR) is 56.7 cm³/mol. The van der Waals surface area contributed by atoms with Crippen molar-refractivity contribution in [3.63, 3.8) is 0 Å². The highest BCUT2D eigenvalue weighted by molar-refractivity contribution is 6.00. The molecule has 0 aliphatic heterocycles. The number of aryl methyl sites for hydroxylation is 1. The van der Waals surface area contributed by atoms with Gasteiger partial charge in [0.25, 0.3) is 0 Å². The molecule has 14 heavy (non-hydrogen) atoms.